The van der Waals surface area contributed by atoms with E-state index in [2.05, 4.69) is 5.32 Å². The van der Waals surface area contributed by atoms with Gasteiger partial charge in [-0.05, 0) is 60.8 Å². The lowest BCUT2D eigenvalue weighted by atomic mass is 10.1. The summed E-state index contributed by atoms with van der Waals surface area (Å²) < 4.78 is 10.4. The van der Waals surface area contributed by atoms with E-state index in [0.29, 0.717) is 18.0 Å². The normalized spacial score (nSPS) is 12.3. The van der Waals surface area contributed by atoms with Gasteiger partial charge in [0, 0.05) is 0 Å². The van der Waals surface area contributed by atoms with Crippen LogP contribution in [-0.2, 0) is 9.53 Å². The zero-order chi connectivity index (χ0) is 25.1. The fourth-order valence-corrected chi connectivity index (χ4v) is 4.25. The van der Waals surface area contributed by atoms with Gasteiger partial charge in [0.05, 0.1) is 34.5 Å². The van der Waals surface area contributed by atoms with Crippen molar-refractivity contribution in [3.63, 3.8) is 0 Å². The summed E-state index contributed by atoms with van der Waals surface area (Å²) in [4.78, 5) is 62.7. The van der Waals surface area contributed by atoms with E-state index in [9.17, 15) is 24.0 Å². The lowest BCUT2D eigenvalue weighted by molar-refractivity contribution is -0.119. The molecular weight excluding hydrogens is 474 g/mol. The Hall–Kier alpha value is -4.51. The first kappa shape index (κ1) is 23.6. The first-order chi connectivity index (χ1) is 16.8. The molecule has 0 unspecified atom stereocenters. The van der Waals surface area contributed by atoms with E-state index in [4.69, 9.17) is 15.2 Å². The van der Waals surface area contributed by atoms with Crippen molar-refractivity contribution in [1.82, 2.24) is 0 Å². The van der Waals surface area contributed by atoms with Gasteiger partial charge >= 0.3 is 5.97 Å². The monoisotopic (exact) mass is 493 g/mol. The molecule has 178 valence electrons. The second kappa shape index (κ2) is 9.77. The summed E-state index contributed by atoms with van der Waals surface area (Å²) in [7, 11) is 0. The van der Waals surface area contributed by atoms with Crippen molar-refractivity contribution in [2.24, 2.45) is 5.73 Å². The summed E-state index contributed by atoms with van der Waals surface area (Å²) in [5.41, 5.74) is 5.94. The van der Waals surface area contributed by atoms with E-state index in [1.165, 1.54) is 24.3 Å². The van der Waals surface area contributed by atoms with Gasteiger partial charge in [0.1, 0.15) is 10.8 Å². The number of nitrogens with two attached hydrogens (primary N) is 1. The van der Waals surface area contributed by atoms with Crippen LogP contribution in [0, 0.1) is 0 Å². The Morgan fingerprint density at radius 3 is 2.40 bits per heavy atom. The average molecular weight is 493 g/mol. The van der Waals surface area contributed by atoms with Crippen molar-refractivity contribution in [1.29, 1.82) is 0 Å². The lowest BCUT2D eigenvalue weighted by Gasteiger charge is -2.14. The molecule has 0 fully saturated rings. The van der Waals surface area contributed by atoms with Crippen molar-refractivity contribution in [2.75, 3.05) is 23.4 Å². The van der Waals surface area contributed by atoms with Gasteiger partial charge < -0.3 is 20.5 Å². The molecule has 1 aliphatic rings. The number of carbonyl (C=O) groups is 5. The minimum atomic E-state index is -0.857. The van der Waals surface area contributed by atoms with E-state index in [-0.39, 0.29) is 27.3 Å². The van der Waals surface area contributed by atoms with Crippen LogP contribution in [0.25, 0.3) is 0 Å². The van der Waals surface area contributed by atoms with Gasteiger partial charge in [-0.3, -0.25) is 19.2 Å². The molecule has 0 atom stereocenters. The fourth-order valence-electron chi connectivity index (χ4n) is 3.44. The van der Waals surface area contributed by atoms with Gasteiger partial charge in [-0.15, -0.1) is 11.3 Å². The molecule has 0 spiro atoms. The van der Waals surface area contributed by atoms with Crippen LogP contribution >= 0.6 is 11.3 Å². The number of esters is 1. The molecule has 4 rings (SSSR count). The van der Waals surface area contributed by atoms with Crippen LogP contribution in [0.5, 0.6) is 5.75 Å². The number of anilines is 2. The third-order valence-electron chi connectivity index (χ3n) is 5.05. The highest BCUT2D eigenvalue weighted by Crippen LogP contribution is 2.30. The summed E-state index contributed by atoms with van der Waals surface area (Å²) in [5.74, 6) is -2.73. The summed E-state index contributed by atoms with van der Waals surface area (Å²) in [6, 6.07) is 11.9. The quantitative estimate of drug-likeness (QED) is 0.362. The zero-order valence-electron chi connectivity index (χ0n) is 18.4. The van der Waals surface area contributed by atoms with Crippen LogP contribution in [0.4, 0.5) is 10.7 Å². The SMILES string of the molecule is CCOc1ccc(N2C(=O)c3ccc(C(=O)OCC(=O)Nc4sccc4C(N)=O)cc3C2=O)cc1. The van der Waals surface area contributed by atoms with E-state index in [0.717, 1.165) is 16.2 Å². The van der Waals surface area contributed by atoms with Crippen LogP contribution in [0.2, 0.25) is 0 Å². The first-order valence-electron chi connectivity index (χ1n) is 10.4. The Kier molecular flexibility index (Phi) is 6.60. The van der Waals surface area contributed by atoms with Gasteiger partial charge in [-0.1, -0.05) is 0 Å². The number of thiophene rings is 1. The molecule has 1 aliphatic heterocycles. The van der Waals surface area contributed by atoms with Crippen LogP contribution < -0.4 is 20.7 Å². The lowest BCUT2D eigenvalue weighted by Crippen LogP contribution is -2.29. The standard InChI is InChI=1S/C24H19N3O7S/c1-2-33-15-6-4-14(5-7-15)27-22(30)16-8-3-13(11-18(16)23(27)31)24(32)34-12-19(28)26-21-17(20(25)29)9-10-35-21/h3-11H,2,12H2,1H3,(H2,25,29)(H,26,28). The summed E-state index contributed by atoms with van der Waals surface area (Å²) in [6.45, 7) is 1.70. The second-order valence-electron chi connectivity index (χ2n) is 7.28. The number of imide groups is 1. The Labute approximate surface area is 203 Å². The average Bonchev–Trinajstić information content (AvgIpc) is 3.40. The largest absolute Gasteiger partial charge is 0.494 e. The highest BCUT2D eigenvalue weighted by Gasteiger charge is 2.37. The minimum Gasteiger partial charge on any atom is -0.494 e. The number of nitrogens with one attached hydrogen (secondary N) is 1. The number of carbonyl (C=O) groups excluding carboxylic acids is 5. The number of rotatable bonds is 8. The molecule has 10 nitrogen and oxygen atoms in total. The van der Waals surface area contributed by atoms with Gasteiger partial charge in [0.15, 0.2) is 6.61 Å². The van der Waals surface area contributed by atoms with Crippen LogP contribution in [0.3, 0.4) is 0 Å². The van der Waals surface area contributed by atoms with Crippen molar-refractivity contribution >= 4 is 51.6 Å². The molecule has 4 amide bonds. The Morgan fingerprint density at radius 1 is 1.00 bits per heavy atom. The predicted octanol–water partition coefficient (Wildman–Crippen LogP) is 2.84. The molecule has 3 N–H and O–H groups in total. The van der Waals surface area contributed by atoms with Crippen molar-refractivity contribution in [3.05, 3.63) is 76.2 Å². The third kappa shape index (κ3) is 4.75. The molecule has 0 radical (unpaired) electrons. The van der Waals surface area contributed by atoms with Gasteiger partial charge in [-0.2, -0.15) is 0 Å². The zero-order valence-corrected chi connectivity index (χ0v) is 19.2. The van der Waals surface area contributed by atoms with Crippen molar-refractivity contribution in [3.8, 4) is 5.75 Å². The molecular formula is C24H19N3O7S. The number of fused-ring (bicyclic) bond motifs is 1. The smallest absolute Gasteiger partial charge is 0.338 e. The molecule has 0 aliphatic carbocycles. The summed E-state index contributed by atoms with van der Waals surface area (Å²) in [6.07, 6.45) is 0. The number of ether oxygens (including phenoxy) is 2. The maximum Gasteiger partial charge on any atom is 0.338 e. The number of nitrogens with zero attached hydrogens (tertiary/aromatic N) is 1. The Morgan fingerprint density at radius 2 is 1.71 bits per heavy atom. The molecule has 2 heterocycles. The van der Waals surface area contributed by atoms with E-state index >= 15 is 0 Å². The second-order valence-corrected chi connectivity index (χ2v) is 8.20. The van der Waals surface area contributed by atoms with Crippen molar-refractivity contribution < 1.29 is 33.4 Å². The highest BCUT2D eigenvalue weighted by atomic mass is 32.1. The maximum atomic E-state index is 12.9. The summed E-state index contributed by atoms with van der Waals surface area (Å²) >= 11 is 1.10. The third-order valence-corrected chi connectivity index (χ3v) is 5.88. The molecule has 2 aromatic carbocycles. The molecule has 3 aromatic rings. The number of primary amides is 1. The molecule has 0 saturated carbocycles. The summed E-state index contributed by atoms with van der Waals surface area (Å²) in [5, 5.41) is 4.29. The maximum absolute atomic E-state index is 12.9. The van der Waals surface area contributed by atoms with Crippen molar-refractivity contribution in [2.45, 2.75) is 6.92 Å². The fraction of sp³-hybridized carbons (Fsp3) is 0.125. The molecule has 0 saturated heterocycles. The number of benzene rings is 2. The number of hydrogen-bond acceptors (Lipinski definition) is 8. The highest BCUT2D eigenvalue weighted by molar-refractivity contribution is 7.14. The van der Waals surface area contributed by atoms with E-state index < -0.39 is 36.2 Å². The predicted molar refractivity (Wildman–Crippen MR) is 127 cm³/mol. The van der Waals surface area contributed by atoms with E-state index in [1.54, 1.807) is 29.6 Å². The molecule has 0 bridgehead atoms. The molecule has 1 aromatic heterocycles. The molecule has 11 heteroatoms. The van der Waals surface area contributed by atoms with Gasteiger partial charge in [-0.25, -0.2) is 9.69 Å². The Bertz CT molecular complexity index is 1350. The Balaban J connectivity index is 1.43. The minimum absolute atomic E-state index is 0.000178. The number of amides is 4. The number of hydrogen-bond donors (Lipinski definition) is 2. The van der Waals surface area contributed by atoms with Gasteiger partial charge in [0.2, 0.25) is 0 Å². The molecule has 35 heavy (non-hydrogen) atoms. The van der Waals surface area contributed by atoms with E-state index in [1.807, 2.05) is 6.92 Å². The van der Waals surface area contributed by atoms with Crippen LogP contribution in [0.15, 0.2) is 53.9 Å². The topological polar surface area (TPSA) is 145 Å². The first-order valence-corrected chi connectivity index (χ1v) is 11.3. The van der Waals surface area contributed by atoms with Crippen LogP contribution in [-0.4, -0.2) is 42.8 Å². The van der Waals surface area contributed by atoms with Gasteiger partial charge in [0.25, 0.3) is 23.6 Å². The van der Waals surface area contributed by atoms with Crippen LogP contribution in [0.1, 0.15) is 48.4 Å².